The monoisotopic (exact) mass is 388 g/mol. The van der Waals surface area contributed by atoms with E-state index in [1.165, 1.54) is 12.6 Å². The maximum Gasteiger partial charge on any atom is 0.257 e. The van der Waals surface area contributed by atoms with Crippen molar-refractivity contribution in [1.82, 2.24) is 15.3 Å². The minimum Gasteiger partial charge on any atom is -0.444 e. The molecule has 29 heavy (non-hydrogen) atoms. The van der Waals surface area contributed by atoms with Crippen LogP contribution in [0.15, 0.2) is 76.5 Å². The molecule has 2 heterocycles. The summed E-state index contributed by atoms with van der Waals surface area (Å²) in [5.74, 6) is -0.474. The van der Waals surface area contributed by atoms with Gasteiger partial charge in [-0.2, -0.15) is 0 Å². The molecule has 0 aliphatic rings. The van der Waals surface area contributed by atoms with Crippen LogP contribution in [0.4, 0.5) is 5.69 Å². The Kier molecular flexibility index (Phi) is 4.90. The fourth-order valence-corrected chi connectivity index (χ4v) is 2.91. The van der Waals surface area contributed by atoms with E-state index in [2.05, 4.69) is 20.6 Å². The van der Waals surface area contributed by atoms with Crippen LogP contribution in [0.3, 0.4) is 0 Å². The van der Waals surface area contributed by atoms with Gasteiger partial charge in [0, 0.05) is 28.4 Å². The number of H-pyrrole nitrogens is 1. The summed E-state index contributed by atoms with van der Waals surface area (Å²) in [7, 11) is 0. The predicted octanol–water partition coefficient (Wildman–Crippen LogP) is 2.55. The fraction of sp³-hybridized carbons (Fsp3) is 0.0476. The van der Waals surface area contributed by atoms with Gasteiger partial charge in [-0.05, 0) is 24.3 Å². The van der Waals surface area contributed by atoms with Crippen LogP contribution in [0.1, 0.15) is 10.4 Å². The first kappa shape index (κ1) is 18.2. The number of aromatic amines is 1. The number of aromatic nitrogens is 2. The number of carbonyl (C=O) groups excluding carboxylic acids is 2. The van der Waals surface area contributed by atoms with Gasteiger partial charge in [0.05, 0.1) is 12.7 Å². The largest absolute Gasteiger partial charge is 0.444 e. The van der Waals surface area contributed by atoms with Crippen LogP contribution in [0.5, 0.6) is 0 Å². The summed E-state index contributed by atoms with van der Waals surface area (Å²) in [6.45, 7) is -0.280. The van der Waals surface area contributed by atoms with Crippen LogP contribution >= 0.6 is 0 Å². The van der Waals surface area contributed by atoms with Gasteiger partial charge < -0.3 is 20.0 Å². The quantitative estimate of drug-likeness (QED) is 0.486. The summed E-state index contributed by atoms with van der Waals surface area (Å²) in [5.41, 5.74) is 1.49. The maximum absolute atomic E-state index is 12.5. The molecule has 0 fully saturated rings. The Morgan fingerprint density at radius 3 is 2.79 bits per heavy atom. The second-order valence-electron chi connectivity index (χ2n) is 6.25. The molecule has 0 radical (unpaired) electrons. The van der Waals surface area contributed by atoms with Gasteiger partial charge in [-0.1, -0.05) is 24.3 Å². The van der Waals surface area contributed by atoms with E-state index in [0.29, 0.717) is 22.4 Å². The number of amides is 2. The van der Waals surface area contributed by atoms with E-state index >= 15 is 0 Å². The Balaban J connectivity index is 1.41. The zero-order valence-corrected chi connectivity index (χ0v) is 15.1. The third kappa shape index (κ3) is 3.91. The Labute approximate surface area is 164 Å². The average molecular weight is 388 g/mol. The van der Waals surface area contributed by atoms with E-state index in [4.69, 9.17) is 4.42 Å². The third-order valence-corrected chi connectivity index (χ3v) is 4.31. The van der Waals surface area contributed by atoms with Gasteiger partial charge in [-0.3, -0.25) is 14.4 Å². The first-order chi connectivity index (χ1) is 14.1. The lowest BCUT2D eigenvalue weighted by molar-refractivity contribution is -0.115. The molecule has 0 unspecified atom stereocenters. The number of para-hydroxylation sites is 1. The molecule has 144 valence electrons. The number of nitrogens with one attached hydrogen (secondary N) is 3. The van der Waals surface area contributed by atoms with Crippen LogP contribution < -0.4 is 16.1 Å². The molecular weight excluding hydrogens is 372 g/mol. The van der Waals surface area contributed by atoms with Crippen LogP contribution in [-0.4, -0.2) is 28.3 Å². The Bertz CT molecular complexity index is 1250. The van der Waals surface area contributed by atoms with Crippen molar-refractivity contribution in [1.29, 1.82) is 0 Å². The number of nitrogens with zero attached hydrogens (tertiary/aromatic N) is 1. The van der Waals surface area contributed by atoms with Crippen molar-refractivity contribution in [3.63, 3.8) is 0 Å². The van der Waals surface area contributed by atoms with Gasteiger partial charge in [0.15, 0.2) is 12.2 Å². The summed E-state index contributed by atoms with van der Waals surface area (Å²) < 4.78 is 5.24. The molecule has 0 saturated carbocycles. The first-order valence-corrected chi connectivity index (χ1v) is 8.79. The van der Waals surface area contributed by atoms with Crippen molar-refractivity contribution in [3.8, 4) is 11.3 Å². The second-order valence-corrected chi connectivity index (χ2v) is 6.25. The summed E-state index contributed by atoms with van der Waals surface area (Å²) in [4.78, 5) is 43.8. The number of hydrogen-bond donors (Lipinski definition) is 3. The minimum atomic E-state index is -0.623. The van der Waals surface area contributed by atoms with Gasteiger partial charge in [-0.15, -0.1) is 0 Å². The lowest BCUT2D eigenvalue weighted by Crippen LogP contribution is -2.35. The molecule has 2 aromatic heterocycles. The van der Waals surface area contributed by atoms with Gasteiger partial charge in [0.1, 0.15) is 5.56 Å². The lowest BCUT2D eigenvalue weighted by atomic mass is 10.1. The van der Waals surface area contributed by atoms with Crippen molar-refractivity contribution in [2.24, 2.45) is 0 Å². The number of oxazole rings is 1. The van der Waals surface area contributed by atoms with Gasteiger partial charge >= 0.3 is 0 Å². The standard InChI is InChI=1S/C21H16N4O4/c26-19(25-14-5-3-4-13(8-14)18-10-22-12-29-18)11-24-21(28)16-9-23-17-7-2-1-6-15(17)20(16)27/h1-10,12H,11H2,(H,23,27)(H,24,28)(H,25,26). The highest BCUT2D eigenvalue weighted by molar-refractivity contribution is 6.00. The number of anilines is 1. The predicted molar refractivity (Wildman–Crippen MR) is 107 cm³/mol. The SMILES string of the molecule is O=C(CNC(=O)c1c[nH]c2ccccc2c1=O)Nc1cccc(-c2cnco2)c1. The maximum atomic E-state index is 12.5. The molecule has 8 nitrogen and oxygen atoms in total. The lowest BCUT2D eigenvalue weighted by Gasteiger charge is -2.08. The van der Waals surface area contributed by atoms with E-state index < -0.39 is 17.2 Å². The molecule has 0 bridgehead atoms. The highest BCUT2D eigenvalue weighted by Crippen LogP contribution is 2.21. The van der Waals surface area contributed by atoms with Crippen LogP contribution in [-0.2, 0) is 4.79 Å². The van der Waals surface area contributed by atoms with Crippen molar-refractivity contribution in [2.45, 2.75) is 0 Å². The van der Waals surface area contributed by atoms with E-state index in [1.54, 1.807) is 48.7 Å². The smallest absolute Gasteiger partial charge is 0.257 e. The van der Waals surface area contributed by atoms with E-state index in [9.17, 15) is 14.4 Å². The zero-order valence-electron chi connectivity index (χ0n) is 15.1. The highest BCUT2D eigenvalue weighted by Gasteiger charge is 2.14. The van der Waals surface area contributed by atoms with Crippen molar-refractivity contribution in [2.75, 3.05) is 11.9 Å². The topological polar surface area (TPSA) is 117 Å². The van der Waals surface area contributed by atoms with E-state index in [0.717, 1.165) is 5.56 Å². The molecule has 8 heteroatoms. The molecule has 0 aliphatic heterocycles. The van der Waals surface area contributed by atoms with E-state index in [-0.39, 0.29) is 12.1 Å². The third-order valence-electron chi connectivity index (χ3n) is 4.31. The van der Waals surface area contributed by atoms with Gasteiger partial charge in [0.2, 0.25) is 11.3 Å². The molecule has 3 N–H and O–H groups in total. The van der Waals surface area contributed by atoms with Crippen molar-refractivity contribution < 1.29 is 14.0 Å². The molecule has 4 rings (SSSR count). The number of carbonyl (C=O) groups is 2. The van der Waals surface area contributed by atoms with Crippen LogP contribution in [0.25, 0.3) is 22.2 Å². The highest BCUT2D eigenvalue weighted by atomic mass is 16.3. The summed E-state index contributed by atoms with van der Waals surface area (Å²) in [5, 5.41) is 5.57. The Hall–Kier alpha value is -4.20. The minimum absolute atomic E-state index is 0.0520. The molecule has 0 saturated heterocycles. The van der Waals surface area contributed by atoms with Crippen molar-refractivity contribution in [3.05, 3.63) is 83.1 Å². The molecule has 0 atom stereocenters. The van der Waals surface area contributed by atoms with Crippen LogP contribution in [0.2, 0.25) is 0 Å². The molecule has 2 aromatic carbocycles. The van der Waals surface area contributed by atoms with E-state index in [1.807, 2.05) is 6.07 Å². The Morgan fingerprint density at radius 1 is 1.10 bits per heavy atom. The normalized spacial score (nSPS) is 10.6. The number of pyridine rings is 1. The molecule has 4 aromatic rings. The first-order valence-electron chi connectivity index (χ1n) is 8.79. The van der Waals surface area contributed by atoms with Gasteiger partial charge in [0.25, 0.3) is 5.91 Å². The molecule has 0 aliphatic carbocycles. The number of benzene rings is 2. The average Bonchev–Trinajstić information content (AvgIpc) is 3.28. The summed E-state index contributed by atoms with van der Waals surface area (Å²) in [6, 6.07) is 13.9. The molecular formula is C21H16N4O4. The van der Waals surface area contributed by atoms with Crippen LogP contribution in [0, 0.1) is 0 Å². The zero-order chi connectivity index (χ0) is 20.2. The second kappa shape index (κ2) is 7.81. The molecule has 0 spiro atoms. The van der Waals surface area contributed by atoms with Crippen molar-refractivity contribution >= 4 is 28.4 Å². The molecule has 2 amide bonds. The summed E-state index contributed by atoms with van der Waals surface area (Å²) in [6.07, 6.45) is 4.24. The number of rotatable bonds is 5. The fourth-order valence-electron chi connectivity index (χ4n) is 2.91. The number of fused-ring (bicyclic) bond motifs is 1. The number of hydrogen-bond acceptors (Lipinski definition) is 5. The summed E-state index contributed by atoms with van der Waals surface area (Å²) >= 11 is 0. The van der Waals surface area contributed by atoms with Gasteiger partial charge in [-0.25, -0.2) is 4.98 Å². The Morgan fingerprint density at radius 2 is 1.97 bits per heavy atom.